The summed E-state index contributed by atoms with van der Waals surface area (Å²) in [6, 6.07) is 0.673. The average Bonchev–Trinajstić information content (AvgIpc) is 2.33. The smallest absolute Gasteiger partial charge is 0.172 e. The summed E-state index contributed by atoms with van der Waals surface area (Å²) in [5.74, 6) is -3.46. The highest BCUT2D eigenvalue weighted by Crippen LogP contribution is 2.30. The Morgan fingerprint density at radius 3 is 2.18 bits per heavy atom. The number of hydrogen-bond donors (Lipinski definition) is 3. The van der Waals surface area contributed by atoms with Gasteiger partial charge in [-0.3, -0.25) is 4.90 Å². The molecule has 0 unspecified atom stereocenters. The second kappa shape index (κ2) is 4.85. The van der Waals surface area contributed by atoms with Crippen LogP contribution >= 0.6 is 0 Å². The standard InChI is InChI=1S/C11H14F2N2O2/c12-10-7(6-15-3-1-14-2-4-15)11(13)9(17)5-8(10)16/h5,14,16-17H,1-4,6H2. The molecule has 4 nitrogen and oxygen atoms in total. The van der Waals surface area contributed by atoms with Gasteiger partial charge >= 0.3 is 0 Å². The number of piperazine rings is 1. The van der Waals surface area contributed by atoms with Gasteiger partial charge in [-0.25, -0.2) is 8.78 Å². The van der Waals surface area contributed by atoms with Crippen LogP contribution in [-0.4, -0.2) is 41.3 Å². The third-order valence-electron chi connectivity index (χ3n) is 2.84. The number of benzene rings is 1. The molecule has 0 amide bonds. The molecule has 0 aliphatic carbocycles. The largest absolute Gasteiger partial charge is 0.505 e. The Labute approximate surface area is 97.5 Å². The highest BCUT2D eigenvalue weighted by molar-refractivity contribution is 5.40. The average molecular weight is 244 g/mol. The van der Waals surface area contributed by atoms with E-state index in [0.29, 0.717) is 19.2 Å². The number of halogens is 2. The molecule has 1 aromatic carbocycles. The van der Waals surface area contributed by atoms with Gasteiger partial charge in [0.05, 0.1) is 0 Å². The Morgan fingerprint density at radius 2 is 1.65 bits per heavy atom. The summed E-state index contributed by atoms with van der Waals surface area (Å²) >= 11 is 0. The van der Waals surface area contributed by atoms with Crippen LogP contribution in [0.4, 0.5) is 8.78 Å². The Hall–Kier alpha value is -1.40. The summed E-state index contributed by atoms with van der Waals surface area (Å²) < 4.78 is 27.1. The van der Waals surface area contributed by atoms with Gasteiger partial charge in [0, 0.05) is 44.4 Å². The van der Waals surface area contributed by atoms with Gasteiger partial charge < -0.3 is 15.5 Å². The maximum atomic E-state index is 13.6. The third kappa shape index (κ3) is 2.48. The molecule has 1 fully saturated rings. The van der Waals surface area contributed by atoms with E-state index in [1.54, 1.807) is 0 Å². The van der Waals surface area contributed by atoms with Crippen LogP contribution in [0.15, 0.2) is 6.07 Å². The van der Waals surface area contributed by atoms with Crippen LogP contribution in [0.2, 0.25) is 0 Å². The monoisotopic (exact) mass is 244 g/mol. The van der Waals surface area contributed by atoms with Gasteiger partial charge in [-0.1, -0.05) is 0 Å². The van der Waals surface area contributed by atoms with Gasteiger partial charge in [0.1, 0.15) is 0 Å². The fourth-order valence-electron chi connectivity index (χ4n) is 1.89. The minimum atomic E-state index is -1.00. The molecule has 1 aliphatic heterocycles. The quantitative estimate of drug-likeness (QED) is 0.719. The highest BCUT2D eigenvalue weighted by atomic mass is 19.1. The van der Waals surface area contributed by atoms with Gasteiger partial charge in [0.25, 0.3) is 0 Å². The van der Waals surface area contributed by atoms with Crippen molar-refractivity contribution in [1.29, 1.82) is 0 Å². The minimum Gasteiger partial charge on any atom is -0.505 e. The molecule has 6 heteroatoms. The van der Waals surface area contributed by atoms with E-state index < -0.39 is 23.1 Å². The summed E-state index contributed by atoms with van der Waals surface area (Å²) in [6.07, 6.45) is 0. The number of phenols is 2. The molecule has 0 radical (unpaired) electrons. The normalized spacial score (nSPS) is 17.3. The van der Waals surface area contributed by atoms with Crippen molar-refractivity contribution in [3.8, 4) is 11.5 Å². The predicted octanol–water partition coefficient (Wildman–Crippen LogP) is 0.781. The number of aromatic hydroxyl groups is 2. The van der Waals surface area contributed by atoms with Crippen LogP contribution in [0, 0.1) is 11.6 Å². The number of nitrogens with zero attached hydrogens (tertiary/aromatic N) is 1. The summed E-state index contributed by atoms with van der Waals surface area (Å²) in [5, 5.41) is 21.5. The van der Waals surface area contributed by atoms with Crippen LogP contribution in [0.3, 0.4) is 0 Å². The molecule has 0 spiro atoms. The number of rotatable bonds is 2. The van der Waals surface area contributed by atoms with E-state index >= 15 is 0 Å². The summed E-state index contributed by atoms with van der Waals surface area (Å²) in [7, 11) is 0. The fourth-order valence-corrected chi connectivity index (χ4v) is 1.89. The Morgan fingerprint density at radius 1 is 1.12 bits per heavy atom. The molecule has 0 saturated carbocycles. The van der Waals surface area contributed by atoms with E-state index in [9.17, 15) is 19.0 Å². The Kier molecular flexibility index (Phi) is 3.44. The second-order valence-corrected chi connectivity index (χ2v) is 4.05. The summed E-state index contributed by atoms with van der Waals surface area (Å²) in [4.78, 5) is 1.86. The van der Waals surface area contributed by atoms with Crippen molar-refractivity contribution in [3.63, 3.8) is 0 Å². The first kappa shape index (κ1) is 12.1. The van der Waals surface area contributed by atoms with Crippen molar-refractivity contribution in [2.75, 3.05) is 26.2 Å². The molecule has 1 aliphatic rings. The van der Waals surface area contributed by atoms with Gasteiger partial charge in [-0.05, 0) is 0 Å². The molecule has 3 N–H and O–H groups in total. The Balaban J connectivity index is 2.24. The predicted molar refractivity (Wildman–Crippen MR) is 57.8 cm³/mol. The number of phenolic OH excluding ortho intramolecular Hbond substituents is 2. The lowest BCUT2D eigenvalue weighted by Gasteiger charge is -2.27. The zero-order valence-corrected chi connectivity index (χ0v) is 9.21. The Bertz CT molecular complexity index is 394. The first-order chi connectivity index (χ1) is 8.09. The molecule has 17 heavy (non-hydrogen) atoms. The lowest BCUT2D eigenvalue weighted by atomic mass is 10.1. The molecular formula is C11H14F2N2O2. The van der Waals surface area contributed by atoms with Crippen molar-refractivity contribution < 1.29 is 19.0 Å². The van der Waals surface area contributed by atoms with E-state index in [4.69, 9.17) is 0 Å². The van der Waals surface area contributed by atoms with Crippen LogP contribution in [-0.2, 0) is 6.54 Å². The van der Waals surface area contributed by atoms with Gasteiger partial charge in [0.15, 0.2) is 23.1 Å². The second-order valence-electron chi connectivity index (χ2n) is 4.05. The maximum Gasteiger partial charge on any atom is 0.172 e. The van der Waals surface area contributed by atoms with Crippen molar-refractivity contribution in [2.24, 2.45) is 0 Å². The van der Waals surface area contributed by atoms with Crippen molar-refractivity contribution in [2.45, 2.75) is 6.54 Å². The summed E-state index contributed by atoms with van der Waals surface area (Å²) in [6.45, 7) is 2.91. The lowest BCUT2D eigenvalue weighted by molar-refractivity contribution is 0.225. The molecule has 2 rings (SSSR count). The molecular weight excluding hydrogens is 230 g/mol. The number of nitrogens with one attached hydrogen (secondary N) is 1. The topological polar surface area (TPSA) is 55.7 Å². The number of hydrogen-bond acceptors (Lipinski definition) is 4. The molecule has 1 aromatic rings. The molecule has 1 saturated heterocycles. The molecule has 1 heterocycles. The van der Waals surface area contributed by atoms with Crippen molar-refractivity contribution >= 4 is 0 Å². The van der Waals surface area contributed by atoms with E-state index in [2.05, 4.69) is 5.32 Å². The van der Waals surface area contributed by atoms with Gasteiger partial charge in [0.2, 0.25) is 0 Å². The maximum absolute atomic E-state index is 13.6. The molecule has 0 bridgehead atoms. The summed E-state index contributed by atoms with van der Waals surface area (Å²) in [5.41, 5.74) is -0.288. The SMILES string of the molecule is Oc1cc(O)c(F)c(CN2CCNCC2)c1F. The fraction of sp³-hybridized carbons (Fsp3) is 0.455. The first-order valence-corrected chi connectivity index (χ1v) is 5.41. The van der Waals surface area contributed by atoms with Crippen LogP contribution in [0.1, 0.15) is 5.56 Å². The van der Waals surface area contributed by atoms with E-state index in [1.165, 1.54) is 0 Å². The van der Waals surface area contributed by atoms with Crippen LogP contribution in [0.5, 0.6) is 11.5 Å². The molecule has 94 valence electrons. The van der Waals surface area contributed by atoms with E-state index in [-0.39, 0.29) is 12.1 Å². The van der Waals surface area contributed by atoms with Crippen LogP contribution in [0.25, 0.3) is 0 Å². The van der Waals surface area contributed by atoms with E-state index in [0.717, 1.165) is 13.1 Å². The molecule has 0 atom stereocenters. The minimum absolute atomic E-state index is 0.0430. The van der Waals surface area contributed by atoms with Crippen molar-refractivity contribution in [3.05, 3.63) is 23.3 Å². The zero-order chi connectivity index (χ0) is 12.4. The highest BCUT2D eigenvalue weighted by Gasteiger charge is 2.21. The van der Waals surface area contributed by atoms with Gasteiger partial charge in [-0.2, -0.15) is 0 Å². The van der Waals surface area contributed by atoms with Crippen molar-refractivity contribution in [1.82, 2.24) is 10.2 Å². The molecule has 0 aromatic heterocycles. The first-order valence-electron chi connectivity index (χ1n) is 5.41. The van der Waals surface area contributed by atoms with Gasteiger partial charge in [-0.15, -0.1) is 0 Å². The zero-order valence-electron chi connectivity index (χ0n) is 9.21. The lowest BCUT2D eigenvalue weighted by Crippen LogP contribution is -2.43. The van der Waals surface area contributed by atoms with Crippen LogP contribution < -0.4 is 5.32 Å². The third-order valence-corrected chi connectivity index (χ3v) is 2.84. The van der Waals surface area contributed by atoms with E-state index in [1.807, 2.05) is 4.90 Å².